The molecule has 0 aromatic heterocycles. The maximum absolute atomic E-state index is 11.9. The molecule has 9 heteroatoms. The second-order valence-electron chi connectivity index (χ2n) is 5.24. The molecule has 2 N–H and O–H groups in total. The van der Waals surface area contributed by atoms with Crippen molar-refractivity contribution >= 4 is 39.8 Å². The first kappa shape index (κ1) is 24.4. The van der Waals surface area contributed by atoms with Crippen LogP contribution in [0.2, 0.25) is 0 Å². The zero-order valence-electron chi connectivity index (χ0n) is 14.2. The molecule has 0 aromatic rings. The molecule has 1 unspecified atom stereocenters. The van der Waals surface area contributed by atoms with E-state index < -0.39 is 35.9 Å². The number of Topliss-reactive ketones (excluding diaryl/α,β-unsaturated/α-hetero) is 1. The Labute approximate surface area is 144 Å². The summed E-state index contributed by atoms with van der Waals surface area (Å²) in [5.41, 5.74) is 0. The Hall–Kier alpha value is -1.82. The molecule has 0 radical (unpaired) electrons. The number of esters is 1. The van der Waals surface area contributed by atoms with Crippen LogP contribution in [-0.4, -0.2) is 47.2 Å². The van der Waals surface area contributed by atoms with Crippen LogP contribution in [0.5, 0.6) is 0 Å². The minimum Gasteiger partial charge on any atom is -0.481 e. The monoisotopic (exact) mass is 363 g/mol. The average molecular weight is 363 g/mol. The van der Waals surface area contributed by atoms with Crippen molar-refractivity contribution in [1.82, 2.24) is 5.32 Å². The van der Waals surface area contributed by atoms with Crippen LogP contribution in [0.25, 0.3) is 0 Å². The lowest BCUT2D eigenvalue weighted by Gasteiger charge is -2.18. The van der Waals surface area contributed by atoms with Gasteiger partial charge in [0.15, 0.2) is 11.9 Å². The zero-order valence-corrected chi connectivity index (χ0v) is 15.7. The standard InChI is InChI=1S/C15H23NO7.H3P/c1-4-11(15(22)23-10(3)9(2)18)7-13(19)16-12(8-17)5-6-14(20)21;/h8,10-12H,4-7H2,1-3H3,(H,16,19)(H,20,21);1H3/t10-,11-,12-;/m0./s1. The van der Waals surface area contributed by atoms with Gasteiger partial charge in [-0.3, -0.25) is 19.2 Å². The molecule has 1 amide bonds. The number of carbonyl (C=O) groups is 5. The van der Waals surface area contributed by atoms with Crippen molar-refractivity contribution in [3.8, 4) is 0 Å². The van der Waals surface area contributed by atoms with Gasteiger partial charge in [-0.25, -0.2) is 0 Å². The lowest BCUT2D eigenvalue weighted by molar-refractivity contribution is -0.158. The number of rotatable bonds is 11. The highest BCUT2D eigenvalue weighted by Gasteiger charge is 2.25. The van der Waals surface area contributed by atoms with Gasteiger partial charge in [0.2, 0.25) is 5.91 Å². The maximum Gasteiger partial charge on any atom is 0.310 e. The predicted octanol–water partition coefficient (Wildman–Crippen LogP) is 0.530. The van der Waals surface area contributed by atoms with Crippen molar-refractivity contribution < 1.29 is 33.8 Å². The van der Waals surface area contributed by atoms with Gasteiger partial charge in [-0.05, 0) is 26.7 Å². The highest BCUT2D eigenvalue weighted by atomic mass is 31.0. The summed E-state index contributed by atoms with van der Waals surface area (Å²) in [4.78, 5) is 56.1. The van der Waals surface area contributed by atoms with Crippen LogP contribution in [0.3, 0.4) is 0 Å². The maximum atomic E-state index is 11.9. The van der Waals surface area contributed by atoms with E-state index in [1.807, 2.05) is 0 Å². The summed E-state index contributed by atoms with van der Waals surface area (Å²) in [7, 11) is 0. The summed E-state index contributed by atoms with van der Waals surface area (Å²) in [6.07, 6.45) is -0.558. The predicted molar refractivity (Wildman–Crippen MR) is 90.6 cm³/mol. The van der Waals surface area contributed by atoms with Gasteiger partial charge in [-0.1, -0.05) is 6.92 Å². The number of carboxylic acid groups (broad SMARTS) is 1. The Bertz CT molecular complexity index is 467. The number of nitrogens with one attached hydrogen (secondary N) is 1. The second-order valence-corrected chi connectivity index (χ2v) is 5.24. The van der Waals surface area contributed by atoms with E-state index in [1.54, 1.807) is 6.92 Å². The van der Waals surface area contributed by atoms with Crippen LogP contribution in [0.1, 0.15) is 46.5 Å². The van der Waals surface area contributed by atoms with Crippen LogP contribution < -0.4 is 5.32 Å². The molecule has 4 atom stereocenters. The SMILES string of the molecule is CC[C@@H](CC(=O)N[C@H](C=O)CCC(=O)O)C(=O)O[C@@H](C)C(C)=O.P. The molecule has 24 heavy (non-hydrogen) atoms. The minimum absolute atomic E-state index is 0. The van der Waals surface area contributed by atoms with E-state index >= 15 is 0 Å². The highest BCUT2D eigenvalue weighted by Crippen LogP contribution is 2.12. The Morgan fingerprint density at radius 1 is 1.25 bits per heavy atom. The van der Waals surface area contributed by atoms with Crippen molar-refractivity contribution in [1.29, 1.82) is 0 Å². The van der Waals surface area contributed by atoms with E-state index in [0.717, 1.165) is 0 Å². The van der Waals surface area contributed by atoms with E-state index in [4.69, 9.17) is 9.84 Å². The van der Waals surface area contributed by atoms with Gasteiger partial charge in [0.1, 0.15) is 6.29 Å². The highest BCUT2D eigenvalue weighted by molar-refractivity contribution is 6.92. The fraction of sp³-hybridized carbons (Fsp3) is 0.667. The normalized spacial score (nSPS) is 13.6. The van der Waals surface area contributed by atoms with Gasteiger partial charge >= 0.3 is 11.9 Å². The molecule has 0 spiro atoms. The van der Waals surface area contributed by atoms with E-state index in [1.165, 1.54) is 13.8 Å². The Balaban J connectivity index is 0. The summed E-state index contributed by atoms with van der Waals surface area (Å²) in [6.45, 7) is 4.43. The van der Waals surface area contributed by atoms with Gasteiger partial charge in [-0.15, -0.1) is 0 Å². The molecular formula is C15H26NO7P. The van der Waals surface area contributed by atoms with Crippen LogP contribution in [-0.2, 0) is 28.7 Å². The fourth-order valence-electron chi connectivity index (χ4n) is 1.69. The third-order valence-corrected chi connectivity index (χ3v) is 3.30. The van der Waals surface area contributed by atoms with Crippen molar-refractivity contribution in [3.05, 3.63) is 0 Å². The van der Waals surface area contributed by atoms with E-state index in [9.17, 15) is 24.0 Å². The third-order valence-electron chi connectivity index (χ3n) is 3.30. The molecule has 0 saturated carbocycles. The summed E-state index contributed by atoms with van der Waals surface area (Å²) < 4.78 is 4.96. The quantitative estimate of drug-likeness (QED) is 0.311. The van der Waals surface area contributed by atoms with Crippen molar-refractivity contribution in [2.45, 2.75) is 58.6 Å². The Kier molecular flexibility index (Phi) is 12.8. The largest absolute Gasteiger partial charge is 0.481 e. The van der Waals surface area contributed by atoms with Gasteiger partial charge in [-0.2, -0.15) is 9.90 Å². The van der Waals surface area contributed by atoms with Crippen LogP contribution >= 0.6 is 9.90 Å². The smallest absolute Gasteiger partial charge is 0.310 e. The molecule has 0 fully saturated rings. The van der Waals surface area contributed by atoms with Crippen molar-refractivity contribution in [2.24, 2.45) is 5.92 Å². The lowest BCUT2D eigenvalue weighted by atomic mass is 10.0. The molecule has 0 aromatic carbocycles. The van der Waals surface area contributed by atoms with Gasteiger partial charge < -0.3 is 20.0 Å². The summed E-state index contributed by atoms with van der Waals surface area (Å²) >= 11 is 0. The van der Waals surface area contributed by atoms with Gasteiger partial charge in [0.25, 0.3) is 0 Å². The topological polar surface area (TPSA) is 127 Å². The van der Waals surface area contributed by atoms with E-state index in [2.05, 4.69) is 5.32 Å². The molecule has 0 aliphatic carbocycles. The number of carboxylic acids is 1. The summed E-state index contributed by atoms with van der Waals surface area (Å²) in [5.74, 6) is -3.31. The number of aliphatic carboxylic acids is 1. The molecule has 0 aliphatic rings. The number of ketones is 1. The number of ether oxygens (including phenoxy) is 1. The lowest BCUT2D eigenvalue weighted by Crippen LogP contribution is -2.38. The Morgan fingerprint density at radius 2 is 1.83 bits per heavy atom. The molecule has 0 saturated heterocycles. The molecular weight excluding hydrogens is 337 g/mol. The number of amides is 1. The molecule has 0 heterocycles. The van der Waals surface area contributed by atoms with E-state index in [-0.39, 0.29) is 34.9 Å². The first-order valence-electron chi connectivity index (χ1n) is 7.38. The van der Waals surface area contributed by atoms with Crippen LogP contribution in [0.4, 0.5) is 0 Å². The van der Waals surface area contributed by atoms with Crippen LogP contribution in [0.15, 0.2) is 0 Å². The fourth-order valence-corrected chi connectivity index (χ4v) is 1.69. The van der Waals surface area contributed by atoms with Crippen LogP contribution in [0, 0.1) is 5.92 Å². The first-order valence-corrected chi connectivity index (χ1v) is 7.38. The second kappa shape index (κ2) is 12.6. The molecule has 8 nitrogen and oxygen atoms in total. The third kappa shape index (κ3) is 10.0. The summed E-state index contributed by atoms with van der Waals surface area (Å²) in [6, 6.07) is -0.914. The molecule has 0 bridgehead atoms. The summed E-state index contributed by atoms with van der Waals surface area (Å²) in [5, 5.41) is 10.9. The van der Waals surface area contributed by atoms with Crippen molar-refractivity contribution in [3.63, 3.8) is 0 Å². The average Bonchev–Trinajstić information content (AvgIpc) is 2.48. The molecule has 0 aliphatic heterocycles. The number of hydrogen-bond donors (Lipinski definition) is 2. The van der Waals surface area contributed by atoms with E-state index in [0.29, 0.717) is 12.7 Å². The number of hydrogen-bond acceptors (Lipinski definition) is 6. The first-order chi connectivity index (χ1) is 10.7. The zero-order chi connectivity index (χ0) is 18.0. The Morgan fingerprint density at radius 3 is 2.25 bits per heavy atom. The molecule has 138 valence electrons. The molecule has 0 rings (SSSR count). The number of aldehydes is 1. The van der Waals surface area contributed by atoms with Gasteiger partial charge in [0.05, 0.1) is 12.0 Å². The van der Waals surface area contributed by atoms with Crippen molar-refractivity contribution in [2.75, 3.05) is 0 Å². The number of carbonyl (C=O) groups excluding carboxylic acids is 4. The minimum atomic E-state index is -1.07. The van der Waals surface area contributed by atoms with Gasteiger partial charge in [0, 0.05) is 12.8 Å².